The van der Waals surface area contributed by atoms with Crippen LogP contribution in [0.1, 0.15) is 73.5 Å². The molecule has 0 radical (unpaired) electrons. The lowest BCUT2D eigenvalue weighted by atomic mass is 9.94. The standard InChI is InChI=1S/C37H42O6Si.C28H30O5/c1-27-34(43-36(39)29-19-11-6-12-20-29)35(40-25-28-17-9-5-10-18-28)33(38)32(42-27)26-41-44(37(2,3)4,30-21-13-7-14-22-30)31-23-15-8-16-24-31;1-20-25(29-17-21-11-5-2-6-12-21)27(30-18-22-13-7-3-8-14-22)26-24(32-20)19-31-28(33-26)23-15-9-4-10-16-23/h5-24,27,32-35,38H,25-26H2,1-4H3;2-16,20,24-28H,17-19H2,1H3/t27-,32?,33+,34?,35-;20-,24?,25?,26+,27-,28?/m00/s1. The largest absolute Gasteiger partial charge is 0.453 e. The summed E-state index contributed by atoms with van der Waals surface area (Å²) in [5.74, 6) is -0.492. The molecule has 0 aliphatic carbocycles. The van der Waals surface area contributed by atoms with Gasteiger partial charge in [0.2, 0.25) is 0 Å². The fourth-order valence-corrected chi connectivity index (χ4v) is 15.2. The van der Waals surface area contributed by atoms with Crippen molar-refractivity contribution in [2.24, 2.45) is 0 Å². The molecular formula is C65H72O11Si. The van der Waals surface area contributed by atoms with Crippen LogP contribution in [0.15, 0.2) is 212 Å². The SMILES string of the molecule is C[C@@H]1OC(CO[Si](c2ccccc2)(c2ccccc2)C(C)(C)C)[C@@H](O)[C@H](OCc2ccccc2)C1OC(=O)c1ccccc1.C[C@@H]1OC2COC(c3ccccc3)O[C@H]2[C@@H](OCc2ccccc2)C1OCc1ccccc1. The minimum atomic E-state index is -2.88. The van der Waals surface area contributed by atoms with Crippen molar-refractivity contribution in [3.05, 3.63) is 240 Å². The Morgan fingerprint density at radius 3 is 1.45 bits per heavy atom. The number of rotatable bonds is 17. The summed E-state index contributed by atoms with van der Waals surface area (Å²) in [4.78, 5) is 13.1. The van der Waals surface area contributed by atoms with E-state index in [1.54, 1.807) is 24.3 Å². The van der Waals surface area contributed by atoms with Crippen LogP contribution in [-0.4, -0.2) is 93.6 Å². The second-order valence-corrected chi connectivity index (χ2v) is 25.2. The smallest absolute Gasteiger partial charge is 0.338 e. The van der Waals surface area contributed by atoms with Crippen LogP contribution in [0.3, 0.4) is 0 Å². The van der Waals surface area contributed by atoms with Crippen molar-refractivity contribution in [3.8, 4) is 0 Å². The van der Waals surface area contributed by atoms with Gasteiger partial charge in [-0.2, -0.15) is 0 Å². The minimum absolute atomic E-state index is 0.142. The highest BCUT2D eigenvalue weighted by Gasteiger charge is 2.53. The van der Waals surface area contributed by atoms with Crippen LogP contribution in [0.4, 0.5) is 0 Å². The van der Waals surface area contributed by atoms with E-state index in [2.05, 4.69) is 69.3 Å². The molecule has 7 aromatic rings. The van der Waals surface area contributed by atoms with Crippen molar-refractivity contribution in [1.82, 2.24) is 0 Å². The van der Waals surface area contributed by atoms with E-state index in [1.807, 2.05) is 153 Å². The summed E-state index contributed by atoms with van der Waals surface area (Å²) < 4.78 is 57.5. The number of fused-ring (bicyclic) bond motifs is 1. The second-order valence-electron chi connectivity index (χ2n) is 20.9. The highest BCUT2D eigenvalue weighted by Crippen LogP contribution is 2.39. The predicted molar refractivity (Wildman–Crippen MR) is 299 cm³/mol. The number of hydrogen-bond acceptors (Lipinski definition) is 11. The molecule has 11 atom stereocenters. The van der Waals surface area contributed by atoms with Gasteiger partial charge < -0.3 is 47.4 Å². The summed E-state index contributed by atoms with van der Waals surface area (Å²) in [7, 11) is -2.88. The Balaban J connectivity index is 0.000000195. The van der Waals surface area contributed by atoms with E-state index in [-0.39, 0.29) is 48.8 Å². The molecule has 0 bridgehead atoms. The second kappa shape index (κ2) is 26.5. The number of benzene rings is 7. The molecule has 10 rings (SSSR count). The van der Waals surface area contributed by atoms with E-state index < -0.39 is 51.1 Å². The number of ether oxygens (including phenoxy) is 8. The van der Waals surface area contributed by atoms with E-state index in [0.717, 1.165) is 32.6 Å². The molecule has 3 saturated heterocycles. The summed E-state index contributed by atoms with van der Waals surface area (Å²) in [6.45, 7) is 12.3. The molecule has 12 heteroatoms. The normalized spacial score (nSPS) is 25.4. The van der Waals surface area contributed by atoms with Crippen LogP contribution < -0.4 is 10.4 Å². The summed E-state index contributed by atoms with van der Waals surface area (Å²) in [5, 5.41) is 13.9. The molecule has 3 aliphatic rings. The van der Waals surface area contributed by atoms with Crippen LogP contribution in [0, 0.1) is 0 Å². The fraction of sp³-hybridized carbons (Fsp3) is 0.338. The average Bonchev–Trinajstić information content (AvgIpc) is 3.53. The first kappa shape index (κ1) is 55.6. The van der Waals surface area contributed by atoms with Gasteiger partial charge in [0.25, 0.3) is 8.32 Å². The number of aliphatic hydroxyl groups is 1. The Hall–Kier alpha value is -6.13. The lowest BCUT2D eigenvalue weighted by molar-refractivity contribution is -0.337. The molecule has 0 spiro atoms. The van der Waals surface area contributed by atoms with Crippen LogP contribution >= 0.6 is 0 Å². The maximum Gasteiger partial charge on any atom is 0.338 e. The number of carbonyl (C=O) groups is 1. The van der Waals surface area contributed by atoms with Crippen LogP contribution in [-0.2, 0) is 62.1 Å². The van der Waals surface area contributed by atoms with Gasteiger partial charge >= 0.3 is 5.97 Å². The fourth-order valence-electron chi connectivity index (χ4n) is 10.6. The van der Waals surface area contributed by atoms with Crippen molar-refractivity contribution >= 4 is 24.7 Å². The lowest BCUT2D eigenvalue weighted by Crippen LogP contribution is -2.68. The van der Waals surface area contributed by atoms with Crippen molar-refractivity contribution in [1.29, 1.82) is 0 Å². The zero-order chi connectivity index (χ0) is 53.6. The first-order valence-corrected chi connectivity index (χ1v) is 28.7. The van der Waals surface area contributed by atoms with E-state index in [4.69, 9.17) is 42.3 Å². The molecule has 5 unspecified atom stereocenters. The Bertz CT molecular complexity index is 2790. The first-order chi connectivity index (χ1) is 37.5. The Morgan fingerprint density at radius 2 is 0.961 bits per heavy atom. The van der Waals surface area contributed by atoms with Gasteiger partial charge in [0, 0.05) is 5.56 Å². The van der Waals surface area contributed by atoms with Gasteiger partial charge in [-0.15, -0.1) is 0 Å². The molecule has 3 fully saturated rings. The number of carbonyl (C=O) groups excluding carboxylic acids is 1. The monoisotopic (exact) mass is 1060 g/mol. The van der Waals surface area contributed by atoms with E-state index in [1.165, 1.54) is 0 Å². The van der Waals surface area contributed by atoms with Crippen molar-refractivity contribution in [2.45, 2.75) is 127 Å². The quantitative estimate of drug-likeness (QED) is 0.0693. The predicted octanol–water partition coefficient (Wildman–Crippen LogP) is 10.6. The number of aliphatic hydroxyl groups excluding tert-OH is 1. The van der Waals surface area contributed by atoms with Gasteiger partial charge in [-0.1, -0.05) is 221 Å². The molecule has 7 aromatic carbocycles. The Kier molecular flexibility index (Phi) is 19.1. The van der Waals surface area contributed by atoms with Crippen molar-refractivity contribution in [2.75, 3.05) is 13.2 Å². The van der Waals surface area contributed by atoms with Crippen molar-refractivity contribution in [3.63, 3.8) is 0 Å². The molecule has 3 heterocycles. The molecule has 0 amide bonds. The molecule has 0 saturated carbocycles. The summed E-state index contributed by atoms with van der Waals surface area (Å²) in [6, 6.07) is 69.6. The number of esters is 1. The molecule has 0 aromatic heterocycles. The van der Waals surface area contributed by atoms with Crippen LogP contribution in [0.2, 0.25) is 5.04 Å². The van der Waals surface area contributed by atoms with Gasteiger partial charge in [0.1, 0.15) is 42.7 Å². The van der Waals surface area contributed by atoms with Crippen LogP contribution in [0.25, 0.3) is 0 Å². The topological polar surface area (TPSA) is 120 Å². The van der Waals surface area contributed by atoms with Gasteiger partial charge in [-0.25, -0.2) is 4.79 Å². The van der Waals surface area contributed by atoms with Crippen LogP contribution in [0.5, 0.6) is 0 Å². The molecular weight excluding hydrogens is 985 g/mol. The van der Waals surface area contributed by atoms with Gasteiger partial charge in [0.15, 0.2) is 12.4 Å². The Labute approximate surface area is 455 Å². The zero-order valence-electron chi connectivity index (χ0n) is 44.6. The third kappa shape index (κ3) is 13.8. The third-order valence-corrected chi connectivity index (χ3v) is 19.5. The van der Waals surface area contributed by atoms with E-state index in [0.29, 0.717) is 25.4 Å². The maximum absolute atomic E-state index is 13.1. The highest BCUT2D eigenvalue weighted by molar-refractivity contribution is 6.99. The first-order valence-electron chi connectivity index (χ1n) is 26.8. The molecule has 402 valence electrons. The zero-order valence-corrected chi connectivity index (χ0v) is 45.6. The molecule has 11 nitrogen and oxygen atoms in total. The highest BCUT2D eigenvalue weighted by atomic mass is 28.4. The summed E-state index contributed by atoms with van der Waals surface area (Å²) in [6.07, 6.45) is -5.73. The minimum Gasteiger partial charge on any atom is -0.453 e. The summed E-state index contributed by atoms with van der Waals surface area (Å²) >= 11 is 0. The lowest BCUT2D eigenvalue weighted by Gasteiger charge is -2.48. The van der Waals surface area contributed by atoms with E-state index in [9.17, 15) is 9.90 Å². The molecule has 77 heavy (non-hydrogen) atoms. The third-order valence-electron chi connectivity index (χ3n) is 14.5. The van der Waals surface area contributed by atoms with Crippen molar-refractivity contribution < 1.29 is 52.2 Å². The molecule has 1 N–H and O–H groups in total. The van der Waals surface area contributed by atoms with Gasteiger partial charge in [-0.05, 0) is 58.1 Å². The van der Waals surface area contributed by atoms with Gasteiger partial charge in [0.05, 0.1) is 50.8 Å². The van der Waals surface area contributed by atoms with Gasteiger partial charge in [-0.3, -0.25) is 0 Å². The maximum atomic E-state index is 13.1. The van der Waals surface area contributed by atoms with E-state index >= 15 is 0 Å². The molecule has 3 aliphatic heterocycles. The Morgan fingerprint density at radius 1 is 0.532 bits per heavy atom. The summed E-state index contributed by atoms with van der Waals surface area (Å²) in [5.41, 5.74) is 4.59. The average molecular weight is 1060 g/mol. The number of hydrogen-bond donors (Lipinski definition) is 1.